The minimum atomic E-state index is -0.489. The number of nitrogens with zero attached hydrogens (tertiary/aromatic N) is 2. The molecule has 0 saturated carbocycles. The van der Waals surface area contributed by atoms with E-state index in [0.29, 0.717) is 10.6 Å². The largest absolute Gasteiger partial charge is 0.469 e. The highest BCUT2D eigenvalue weighted by Gasteiger charge is 2.20. The molecule has 1 atom stereocenters. The molecule has 0 fully saturated rings. The summed E-state index contributed by atoms with van der Waals surface area (Å²) in [5.74, 6) is -0.0687. The van der Waals surface area contributed by atoms with Crippen molar-refractivity contribution < 1.29 is 14.3 Å². The zero-order valence-electron chi connectivity index (χ0n) is 14.5. The van der Waals surface area contributed by atoms with E-state index in [-0.39, 0.29) is 18.9 Å². The summed E-state index contributed by atoms with van der Waals surface area (Å²) < 4.78 is 6.75. The van der Waals surface area contributed by atoms with Crippen LogP contribution in [0.15, 0.2) is 47.8 Å². The lowest BCUT2D eigenvalue weighted by Gasteiger charge is -2.18. The molecule has 3 aromatic rings. The normalized spacial score (nSPS) is 11.7. The van der Waals surface area contributed by atoms with Crippen molar-refractivity contribution in [2.45, 2.75) is 19.0 Å². The van der Waals surface area contributed by atoms with Crippen LogP contribution in [-0.2, 0) is 20.9 Å². The van der Waals surface area contributed by atoms with Crippen molar-refractivity contribution in [3.05, 3.63) is 58.2 Å². The van der Waals surface area contributed by atoms with E-state index in [1.165, 1.54) is 18.4 Å². The van der Waals surface area contributed by atoms with E-state index in [2.05, 4.69) is 15.5 Å². The van der Waals surface area contributed by atoms with Crippen molar-refractivity contribution in [3.8, 4) is 10.7 Å². The third kappa shape index (κ3) is 4.69. The highest BCUT2D eigenvalue weighted by molar-refractivity contribution is 7.71. The van der Waals surface area contributed by atoms with Gasteiger partial charge in [0.15, 0.2) is 10.6 Å². The first-order valence-corrected chi connectivity index (χ1v) is 9.47. The summed E-state index contributed by atoms with van der Waals surface area (Å²) in [6.07, 6.45) is 0.0425. The Bertz CT molecular complexity index is 964. The molecule has 0 spiro atoms. The maximum Gasteiger partial charge on any atom is 0.307 e. The lowest BCUT2D eigenvalue weighted by atomic mass is 10.0. The van der Waals surface area contributed by atoms with E-state index >= 15 is 0 Å². The Morgan fingerprint density at radius 3 is 2.74 bits per heavy atom. The van der Waals surface area contributed by atoms with Gasteiger partial charge in [0, 0.05) is 0 Å². The number of nitrogens with one attached hydrogen (secondary N) is 2. The Balaban J connectivity index is 1.78. The molecule has 9 heteroatoms. The summed E-state index contributed by atoms with van der Waals surface area (Å²) in [4.78, 5) is 25.3. The number of aromatic amines is 1. The number of H-pyrrole nitrogens is 1. The summed E-state index contributed by atoms with van der Waals surface area (Å²) in [7, 11) is 1.32. The topological polar surface area (TPSA) is 89.0 Å². The number of amides is 1. The van der Waals surface area contributed by atoms with Gasteiger partial charge in [-0.1, -0.05) is 36.4 Å². The van der Waals surface area contributed by atoms with Crippen molar-refractivity contribution in [1.82, 2.24) is 20.1 Å². The lowest BCUT2D eigenvalue weighted by molar-refractivity contribution is -0.141. The van der Waals surface area contributed by atoms with Crippen LogP contribution in [0.5, 0.6) is 0 Å². The Labute approximate surface area is 165 Å². The molecule has 7 nitrogen and oxygen atoms in total. The second-order valence-electron chi connectivity index (χ2n) is 5.73. The monoisotopic (exact) mass is 402 g/mol. The number of benzene rings is 1. The highest BCUT2D eigenvalue weighted by Crippen LogP contribution is 2.23. The molecule has 1 amide bonds. The Morgan fingerprint density at radius 2 is 2.07 bits per heavy atom. The maximum atomic E-state index is 12.7. The van der Waals surface area contributed by atoms with E-state index in [1.54, 1.807) is 4.57 Å². The third-order valence-electron chi connectivity index (χ3n) is 3.94. The maximum absolute atomic E-state index is 12.7. The molecular weight excluding hydrogens is 384 g/mol. The van der Waals surface area contributed by atoms with Gasteiger partial charge in [-0.2, -0.15) is 5.10 Å². The van der Waals surface area contributed by atoms with Gasteiger partial charge in [-0.3, -0.25) is 19.3 Å². The average molecular weight is 403 g/mol. The number of carbonyl (C=O) groups excluding carboxylic acids is 2. The molecule has 27 heavy (non-hydrogen) atoms. The standard InChI is InChI=1S/C18H18N4O3S2/c1-25-16(24)10-13(12-6-3-2-4-7-12)19-15(23)11-22-17(20-21-18(22)26)14-8-5-9-27-14/h2-9,13H,10-11H2,1H3,(H,19,23)(H,21,26)/t13-/m0/s1. The minimum Gasteiger partial charge on any atom is -0.469 e. The molecule has 1 aromatic carbocycles. The van der Waals surface area contributed by atoms with Crippen LogP contribution >= 0.6 is 23.6 Å². The zero-order valence-corrected chi connectivity index (χ0v) is 16.2. The molecule has 0 bridgehead atoms. The molecule has 2 aromatic heterocycles. The van der Waals surface area contributed by atoms with Crippen LogP contribution in [-0.4, -0.2) is 33.8 Å². The van der Waals surface area contributed by atoms with E-state index in [9.17, 15) is 9.59 Å². The molecule has 0 saturated heterocycles. The lowest BCUT2D eigenvalue weighted by Crippen LogP contribution is -2.33. The number of thiophene rings is 1. The molecule has 2 N–H and O–H groups in total. The molecular formula is C18H18N4O3S2. The van der Waals surface area contributed by atoms with Gasteiger partial charge in [0.25, 0.3) is 0 Å². The quantitative estimate of drug-likeness (QED) is 0.468. The van der Waals surface area contributed by atoms with Crippen LogP contribution in [0.3, 0.4) is 0 Å². The second kappa shape index (κ2) is 8.74. The number of esters is 1. The van der Waals surface area contributed by atoms with Gasteiger partial charge in [0.05, 0.1) is 24.4 Å². The first kappa shape index (κ1) is 19.0. The van der Waals surface area contributed by atoms with Crippen molar-refractivity contribution in [1.29, 1.82) is 0 Å². The van der Waals surface area contributed by atoms with Gasteiger partial charge in [-0.25, -0.2) is 0 Å². The Kier molecular flexibility index (Phi) is 6.15. The highest BCUT2D eigenvalue weighted by atomic mass is 32.1. The Morgan fingerprint density at radius 1 is 1.30 bits per heavy atom. The fourth-order valence-corrected chi connectivity index (χ4v) is 3.55. The van der Waals surface area contributed by atoms with Gasteiger partial charge in [0.2, 0.25) is 5.91 Å². The van der Waals surface area contributed by atoms with Crippen LogP contribution in [0.2, 0.25) is 0 Å². The number of ether oxygens (including phenoxy) is 1. The summed E-state index contributed by atoms with van der Waals surface area (Å²) in [6, 6.07) is 12.6. The Hall–Kier alpha value is -2.78. The average Bonchev–Trinajstić information content (AvgIpc) is 3.32. The predicted octanol–water partition coefficient (Wildman–Crippen LogP) is 3.09. The zero-order chi connectivity index (χ0) is 19.2. The minimum absolute atomic E-state index is 0.00687. The smallest absolute Gasteiger partial charge is 0.307 e. The summed E-state index contributed by atoms with van der Waals surface area (Å²) in [5.41, 5.74) is 0.825. The van der Waals surface area contributed by atoms with Gasteiger partial charge >= 0.3 is 5.97 Å². The summed E-state index contributed by atoms with van der Waals surface area (Å²) in [5, 5.41) is 11.8. The van der Waals surface area contributed by atoms with Crippen molar-refractivity contribution in [2.75, 3.05) is 7.11 Å². The van der Waals surface area contributed by atoms with Crippen LogP contribution in [0, 0.1) is 4.77 Å². The summed E-state index contributed by atoms with van der Waals surface area (Å²) in [6.45, 7) is -0.00687. The van der Waals surface area contributed by atoms with E-state index in [1.807, 2.05) is 47.8 Å². The van der Waals surface area contributed by atoms with Crippen molar-refractivity contribution in [2.24, 2.45) is 0 Å². The van der Waals surface area contributed by atoms with Crippen LogP contribution in [0.4, 0.5) is 0 Å². The van der Waals surface area contributed by atoms with Crippen molar-refractivity contribution in [3.63, 3.8) is 0 Å². The number of carbonyl (C=O) groups is 2. The molecule has 0 aliphatic heterocycles. The first-order valence-electron chi connectivity index (χ1n) is 8.18. The number of aromatic nitrogens is 3. The van der Waals surface area contributed by atoms with Gasteiger partial charge < -0.3 is 10.1 Å². The predicted molar refractivity (Wildman–Crippen MR) is 105 cm³/mol. The molecule has 0 radical (unpaired) electrons. The fraction of sp³-hybridized carbons (Fsp3) is 0.222. The number of rotatable bonds is 7. The second-order valence-corrected chi connectivity index (χ2v) is 7.06. The molecule has 0 aliphatic carbocycles. The van der Waals surface area contributed by atoms with Gasteiger partial charge in [0.1, 0.15) is 6.54 Å². The van der Waals surface area contributed by atoms with Gasteiger partial charge in [-0.15, -0.1) is 11.3 Å². The number of hydrogen-bond donors (Lipinski definition) is 2. The third-order valence-corrected chi connectivity index (χ3v) is 5.11. The molecule has 0 aliphatic rings. The van der Waals surface area contributed by atoms with Crippen LogP contribution < -0.4 is 5.32 Å². The summed E-state index contributed by atoms with van der Waals surface area (Å²) >= 11 is 6.77. The van der Waals surface area contributed by atoms with E-state index in [0.717, 1.165) is 10.4 Å². The van der Waals surface area contributed by atoms with Gasteiger partial charge in [-0.05, 0) is 29.2 Å². The van der Waals surface area contributed by atoms with Crippen LogP contribution in [0.1, 0.15) is 18.0 Å². The fourth-order valence-electron chi connectivity index (χ4n) is 2.63. The van der Waals surface area contributed by atoms with E-state index < -0.39 is 12.0 Å². The molecule has 3 rings (SSSR count). The van der Waals surface area contributed by atoms with Crippen LogP contribution in [0.25, 0.3) is 10.7 Å². The SMILES string of the molecule is COC(=O)C[C@H](NC(=O)Cn1c(-c2cccs2)n[nH]c1=S)c1ccccc1. The first-order chi connectivity index (χ1) is 13.1. The molecule has 2 heterocycles. The number of methoxy groups -OCH3 is 1. The van der Waals surface area contributed by atoms with E-state index in [4.69, 9.17) is 17.0 Å². The number of hydrogen-bond acceptors (Lipinski definition) is 6. The molecule has 140 valence electrons. The molecule has 0 unspecified atom stereocenters. The van der Waals surface area contributed by atoms with Crippen molar-refractivity contribution >= 4 is 35.4 Å².